The Morgan fingerprint density at radius 1 is 1.14 bits per heavy atom. The van der Waals surface area contributed by atoms with Crippen LogP contribution < -0.4 is 10.1 Å². The number of rotatable bonds is 7. The van der Waals surface area contributed by atoms with Crippen molar-refractivity contribution < 1.29 is 9.53 Å². The number of thioether (sulfide) groups is 1. The van der Waals surface area contributed by atoms with E-state index in [2.05, 4.69) is 52.1 Å². The number of hydrogen-bond acceptors (Lipinski definition) is 6. The van der Waals surface area contributed by atoms with E-state index < -0.39 is 0 Å². The lowest BCUT2D eigenvalue weighted by Gasteiger charge is -2.07. The predicted molar refractivity (Wildman–Crippen MR) is 118 cm³/mol. The second kappa shape index (κ2) is 8.67. The number of fused-ring (bicyclic) bond motifs is 1. The first-order valence-corrected chi connectivity index (χ1v) is 11.1. The van der Waals surface area contributed by atoms with Crippen molar-refractivity contribution in [1.82, 2.24) is 14.6 Å². The molecule has 1 amide bonds. The van der Waals surface area contributed by atoms with E-state index in [0.717, 1.165) is 27.7 Å². The van der Waals surface area contributed by atoms with Crippen molar-refractivity contribution in [2.24, 2.45) is 0 Å². The molecule has 2 heterocycles. The minimum Gasteiger partial charge on any atom is -0.494 e. The predicted octanol–water partition coefficient (Wildman–Crippen LogP) is 4.90. The number of nitrogens with one attached hydrogen (secondary N) is 1. The zero-order valence-electron chi connectivity index (χ0n) is 16.1. The number of aromatic nitrogens is 3. The Morgan fingerprint density at radius 2 is 1.90 bits per heavy atom. The van der Waals surface area contributed by atoms with E-state index >= 15 is 0 Å². The normalized spacial score (nSPS) is 11.0. The molecular formula is C21H20N4O2S2. The summed E-state index contributed by atoms with van der Waals surface area (Å²) in [5, 5.41) is 14.2. The van der Waals surface area contributed by atoms with E-state index in [4.69, 9.17) is 4.74 Å². The molecule has 2 aromatic carbocycles. The molecular weight excluding hydrogens is 404 g/mol. The summed E-state index contributed by atoms with van der Waals surface area (Å²) in [7, 11) is 0. The molecule has 0 bridgehead atoms. The molecule has 0 unspecified atom stereocenters. The molecule has 0 aliphatic heterocycles. The number of carbonyl (C=O) groups is 1. The van der Waals surface area contributed by atoms with Gasteiger partial charge in [0.1, 0.15) is 5.75 Å². The molecule has 2 aromatic heterocycles. The van der Waals surface area contributed by atoms with Crippen LogP contribution in [0.25, 0.3) is 16.2 Å². The second-order valence-corrected chi connectivity index (χ2v) is 8.16. The molecule has 29 heavy (non-hydrogen) atoms. The number of aryl methyl sites for hydroxylation is 1. The van der Waals surface area contributed by atoms with Crippen molar-refractivity contribution in [2.45, 2.75) is 19.0 Å². The summed E-state index contributed by atoms with van der Waals surface area (Å²) < 4.78 is 7.42. The molecule has 0 fully saturated rings. The number of hydrogen-bond donors (Lipinski definition) is 1. The standard InChI is InChI=1S/C21H20N4O2S2/c1-3-27-17-10-8-16(9-11-17)22-19(26)13-29-21-24-23-20-25(21)18(12-28-20)15-6-4-14(2)5-7-15/h4-12H,3,13H2,1-2H3,(H,22,26). The third-order valence-electron chi connectivity index (χ3n) is 4.25. The molecule has 0 radical (unpaired) electrons. The van der Waals surface area contributed by atoms with Crippen LogP contribution in [-0.2, 0) is 4.79 Å². The average Bonchev–Trinajstić information content (AvgIpc) is 3.31. The van der Waals surface area contributed by atoms with E-state index in [9.17, 15) is 4.79 Å². The van der Waals surface area contributed by atoms with Crippen LogP contribution in [0.4, 0.5) is 5.69 Å². The van der Waals surface area contributed by atoms with Crippen molar-refractivity contribution in [2.75, 3.05) is 17.7 Å². The third kappa shape index (κ3) is 4.44. The molecule has 4 rings (SSSR count). The van der Waals surface area contributed by atoms with Crippen LogP contribution in [0.15, 0.2) is 59.1 Å². The van der Waals surface area contributed by atoms with Crippen LogP contribution in [0.2, 0.25) is 0 Å². The molecule has 0 aliphatic rings. The molecule has 0 saturated heterocycles. The summed E-state index contributed by atoms with van der Waals surface area (Å²) in [5.41, 5.74) is 4.08. The van der Waals surface area contributed by atoms with Crippen LogP contribution in [0.5, 0.6) is 5.75 Å². The van der Waals surface area contributed by atoms with Crippen LogP contribution in [0.1, 0.15) is 12.5 Å². The van der Waals surface area contributed by atoms with Gasteiger partial charge in [0.05, 0.1) is 18.1 Å². The Bertz CT molecular complexity index is 1120. The lowest BCUT2D eigenvalue weighted by atomic mass is 10.1. The molecule has 148 valence electrons. The fourth-order valence-electron chi connectivity index (χ4n) is 2.84. The van der Waals surface area contributed by atoms with Crippen LogP contribution in [0, 0.1) is 6.92 Å². The first-order valence-electron chi connectivity index (χ1n) is 9.19. The maximum Gasteiger partial charge on any atom is 0.234 e. The number of carbonyl (C=O) groups excluding carboxylic acids is 1. The summed E-state index contributed by atoms with van der Waals surface area (Å²) in [6.45, 7) is 4.62. The molecule has 0 atom stereocenters. The van der Waals surface area contributed by atoms with Gasteiger partial charge < -0.3 is 10.1 Å². The average molecular weight is 425 g/mol. The fourth-order valence-corrected chi connectivity index (χ4v) is 4.48. The van der Waals surface area contributed by atoms with Gasteiger partial charge >= 0.3 is 0 Å². The van der Waals surface area contributed by atoms with Crippen molar-refractivity contribution in [1.29, 1.82) is 0 Å². The Balaban J connectivity index is 1.45. The number of benzene rings is 2. The lowest BCUT2D eigenvalue weighted by Crippen LogP contribution is -2.14. The van der Waals surface area contributed by atoms with Gasteiger partial charge in [-0.05, 0) is 43.7 Å². The van der Waals surface area contributed by atoms with Gasteiger partial charge in [-0.3, -0.25) is 9.20 Å². The number of ether oxygens (including phenoxy) is 1. The number of anilines is 1. The first-order chi connectivity index (χ1) is 14.1. The first kappa shape index (κ1) is 19.5. The third-order valence-corrected chi connectivity index (χ3v) is 5.99. The van der Waals surface area contributed by atoms with Gasteiger partial charge in [0.2, 0.25) is 10.9 Å². The lowest BCUT2D eigenvalue weighted by molar-refractivity contribution is -0.113. The zero-order valence-corrected chi connectivity index (χ0v) is 17.7. The van der Waals surface area contributed by atoms with Gasteiger partial charge in [-0.2, -0.15) is 0 Å². The molecule has 1 N–H and O–H groups in total. The monoisotopic (exact) mass is 424 g/mol. The van der Waals surface area contributed by atoms with Crippen LogP contribution >= 0.6 is 23.1 Å². The van der Waals surface area contributed by atoms with Gasteiger partial charge in [0.25, 0.3) is 0 Å². The van der Waals surface area contributed by atoms with E-state index in [0.29, 0.717) is 11.8 Å². The van der Waals surface area contributed by atoms with Crippen LogP contribution in [0.3, 0.4) is 0 Å². The molecule has 0 saturated carbocycles. The summed E-state index contributed by atoms with van der Waals surface area (Å²) in [4.78, 5) is 13.2. The summed E-state index contributed by atoms with van der Waals surface area (Å²) in [5.74, 6) is 0.937. The Hall–Kier alpha value is -2.84. The van der Waals surface area contributed by atoms with Crippen molar-refractivity contribution >= 4 is 39.7 Å². The minimum absolute atomic E-state index is 0.0944. The second-order valence-electron chi connectivity index (χ2n) is 6.38. The quantitative estimate of drug-likeness (QED) is 0.428. The summed E-state index contributed by atoms with van der Waals surface area (Å²) in [6.07, 6.45) is 0. The van der Waals surface area contributed by atoms with Gasteiger partial charge in [0.15, 0.2) is 5.16 Å². The maximum atomic E-state index is 12.4. The maximum absolute atomic E-state index is 12.4. The molecule has 6 nitrogen and oxygen atoms in total. The van der Waals surface area contributed by atoms with Gasteiger partial charge in [-0.1, -0.05) is 41.6 Å². The Labute approximate surface area is 176 Å². The van der Waals surface area contributed by atoms with Crippen molar-refractivity contribution in [3.8, 4) is 17.0 Å². The highest BCUT2D eigenvalue weighted by atomic mass is 32.2. The summed E-state index contributed by atoms with van der Waals surface area (Å²) >= 11 is 2.91. The topological polar surface area (TPSA) is 68.5 Å². The van der Waals surface area contributed by atoms with Gasteiger partial charge in [0, 0.05) is 11.1 Å². The number of thiazole rings is 1. The van der Waals surface area contributed by atoms with E-state index in [1.54, 1.807) is 0 Å². The van der Waals surface area contributed by atoms with Crippen molar-refractivity contribution in [3.63, 3.8) is 0 Å². The highest BCUT2D eigenvalue weighted by molar-refractivity contribution is 7.99. The summed E-state index contributed by atoms with van der Waals surface area (Å²) in [6, 6.07) is 15.7. The van der Waals surface area contributed by atoms with Gasteiger partial charge in [-0.15, -0.1) is 21.5 Å². The molecule has 4 aromatic rings. The smallest absolute Gasteiger partial charge is 0.234 e. The largest absolute Gasteiger partial charge is 0.494 e. The highest BCUT2D eigenvalue weighted by Crippen LogP contribution is 2.30. The van der Waals surface area contributed by atoms with Crippen LogP contribution in [-0.4, -0.2) is 32.9 Å². The zero-order chi connectivity index (χ0) is 20.2. The minimum atomic E-state index is -0.0944. The van der Waals surface area contributed by atoms with E-state index in [-0.39, 0.29) is 11.7 Å². The molecule has 8 heteroatoms. The fraction of sp³-hybridized carbons (Fsp3) is 0.190. The van der Waals surface area contributed by atoms with Gasteiger partial charge in [-0.25, -0.2) is 0 Å². The number of nitrogens with zero attached hydrogens (tertiary/aromatic N) is 3. The molecule has 0 aliphatic carbocycles. The number of amides is 1. The van der Waals surface area contributed by atoms with E-state index in [1.165, 1.54) is 28.7 Å². The van der Waals surface area contributed by atoms with Crippen molar-refractivity contribution in [3.05, 3.63) is 59.5 Å². The Morgan fingerprint density at radius 3 is 2.62 bits per heavy atom. The Kier molecular flexibility index (Phi) is 5.82. The molecule has 0 spiro atoms. The highest BCUT2D eigenvalue weighted by Gasteiger charge is 2.15. The SMILES string of the molecule is CCOc1ccc(NC(=O)CSc2nnc3scc(-c4ccc(C)cc4)n23)cc1. The van der Waals surface area contributed by atoms with E-state index in [1.807, 2.05) is 35.6 Å².